The van der Waals surface area contributed by atoms with Crippen molar-refractivity contribution in [2.45, 2.75) is 32.3 Å². The zero-order valence-corrected chi connectivity index (χ0v) is 6.88. The summed E-state index contributed by atoms with van der Waals surface area (Å²) in [5.74, 6) is 0.223. The van der Waals surface area contributed by atoms with Gasteiger partial charge in [-0.15, -0.1) is 0 Å². The summed E-state index contributed by atoms with van der Waals surface area (Å²) in [6.07, 6.45) is 6.07. The van der Waals surface area contributed by atoms with Crippen LogP contribution in [0.15, 0.2) is 12.2 Å². The van der Waals surface area contributed by atoms with Gasteiger partial charge in [-0.25, -0.2) is 0 Å². The Kier molecular flexibility index (Phi) is 3.30. The third kappa shape index (κ3) is 2.46. The fourth-order valence-corrected chi connectivity index (χ4v) is 1.10. The van der Waals surface area contributed by atoms with Crippen molar-refractivity contribution in [3.05, 3.63) is 12.2 Å². The van der Waals surface area contributed by atoms with Gasteiger partial charge < -0.3 is 4.74 Å². The van der Waals surface area contributed by atoms with Crippen molar-refractivity contribution in [1.82, 2.24) is 0 Å². The van der Waals surface area contributed by atoms with E-state index >= 15 is 0 Å². The molecule has 2 heteroatoms. The lowest BCUT2D eigenvalue weighted by Gasteiger charge is -2.16. The molecule has 1 unspecified atom stereocenters. The average molecular weight is 154 g/mol. The number of ketones is 1. The molecule has 0 heterocycles. The molecule has 0 aromatic carbocycles. The van der Waals surface area contributed by atoms with Gasteiger partial charge in [-0.05, 0) is 12.8 Å². The maximum absolute atomic E-state index is 11.1. The van der Waals surface area contributed by atoms with E-state index in [4.69, 9.17) is 4.74 Å². The van der Waals surface area contributed by atoms with E-state index in [1.54, 1.807) is 0 Å². The molecule has 1 aliphatic carbocycles. The van der Waals surface area contributed by atoms with Crippen LogP contribution in [-0.4, -0.2) is 18.5 Å². The number of carbonyl (C=O) groups is 1. The second kappa shape index (κ2) is 4.29. The second-order valence-electron chi connectivity index (χ2n) is 2.74. The van der Waals surface area contributed by atoms with Crippen LogP contribution in [0.4, 0.5) is 0 Å². The third-order valence-electron chi connectivity index (χ3n) is 1.72. The summed E-state index contributed by atoms with van der Waals surface area (Å²) in [5, 5.41) is 0. The summed E-state index contributed by atoms with van der Waals surface area (Å²) in [7, 11) is 0. The Morgan fingerprint density at radius 2 is 2.45 bits per heavy atom. The van der Waals surface area contributed by atoms with Crippen molar-refractivity contribution in [3.63, 3.8) is 0 Å². The van der Waals surface area contributed by atoms with Crippen LogP contribution in [0.3, 0.4) is 0 Å². The average Bonchev–Trinajstić information content (AvgIpc) is 2.03. The van der Waals surface area contributed by atoms with Crippen LogP contribution in [0.2, 0.25) is 0 Å². The molecule has 1 aliphatic rings. The Morgan fingerprint density at radius 1 is 1.64 bits per heavy atom. The predicted molar refractivity (Wildman–Crippen MR) is 43.4 cm³/mol. The van der Waals surface area contributed by atoms with Crippen LogP contribution in [0.25, 0.3) is 0 Å². The molecular formula is C9H14O2. The van der Waals surface area contributed by atoms with Crippen molar-refractivity contribution in [1.29, 1.82) is 0 Å². The zero-order valence-electron chi connectivity index (χ0n) is 6.88. The summed E-state index contributed by atoms with van der Waals surface area (Å²) in [6, 6.07) is 0. The maximum Gasteiger partial charge on any atom is 0.165 e. The molecule has 62 valence electrons. The number of rotatable bonds is 3. The summed E-state index contributed by atoms with van der Waals surface area (Å²) in [5.41, 5.74) is 0. The zero-order chi connectivity index (χ0) is 8.10. The Balaban J connectivity index is 2.32. The Bertz CT molecular complexity index is 161. The molecule has 0 fully saturated rings. The summed E-state index contributed by atoms with van der Waals surface area (Å²) in [6.45, 7) is 2.74. The molecule has 0 N–H and O–H groups in total. The molecule has 0 aromatic heterocycles. The van der Waals surface area contributed by atoms with Crippen LogP contribution in [-0.2, 0) is 9.53 Å². The largest absolute Gasteiger partial charge is 0.370 e. The van der Waals surface area contributed by atoms with Crippen LogP contribution in [0, 0.1) is 0 Å². The number of allylic oxidation sites excluding steroid dienone is 1. The van der Waals surface area contributed by atoms with E-state index in [2.05, 4.69) is 0 Å². The summed E-state index contributed by atoms with van der Waals surface area (Å²) < 4.78 is 5.34. The van der Waals surface area contributed by atoms with E-state index in [0.29, 0.717) is 13.0 Å². The summed E-state index contributed by atoms with van der Waals surface area (Å²) in [4.78, 5) is 11.1. The van der Waals surface area contributed by atoms with Crippen LogP contribution < -0.4 is 0 Å². The van der Waals surface area contributed by atoms with Gasteiger partial charge in [0.2, 0.25) is 0 Å². The molecule has 1 atom stereocenters. The normalized spacial score (nSPS) is 24.1. The quantitative estimate of drug-likeness (QED) is 0.578. The molecule has 0 bridgehead atoms. The predicted octanol–water partition coefficient (Wildman–Crippen LogP) is 1.70. The van der Waals surface area contributed by atoms with Crippen molar-refractivity contribution < 1.29 is 9.53 Å². The van der Waals surface area contributed by atoms with E-state index in [0.717, 1.165) is 12.8 Å². The van der Waals surface area contributed by atoms with Gasteiger partial charge in [-0.2, -0.15) is 0 Å². The number of hydrogen-bond donors (Lipinski definition) is 0. The lowest BCUT2D eigenvalue weighted by atomic mass is 10.0. The molecule has 0 spiro atoms. The number of carbonyl (C=O) groups excluding carboxylic acids is 1. The smallest absolute Gasteiger partial charge is 0.165 e. The maximum atomic E-state index is 11.1. The molecule has 0 radical (unpaired) electrons. The van der Waals surface area contributed by atoms with Crippen molar-refractivity contribution in [2.24, 2.45) is 0 Å². The van der Waals surface area contributed by atoms with Gasteiger partial charge >= 0.3 is 0 Å². The standard InChI is InChI=1S/C9H14O2/c1-2-7-11-9-6-4-3-5-8(9)10/h3-4,9H,2,5-7H2,1H3. The Hall–Kier alpha value is -0.630. The first-order chi connectivity index (χ1) is 5.34. The van der Waals surface area contributed by atoms with Crippen LogP contribution in [0.5, 0.6) is 0 Å². The lowest BCUT2D eigenvalue weighted by Crippen LogP contribution is -2.25. The molecule has 0 saturated heterocycles. The highest BCUT2D eigenvalue weighted by molar-refractivity contribution is 5.85. The molecular weight excluding hydrogens is 140 g/mol. The van der Waals surface area contributed by atoms with E-state index in [-0.39, 0.29) is 11.9 Å². The van der Waals surface area contributed by atoms with Gasteiger partial charge in [0.25, 0.3) is 0 Å². The van der Waals surface area contributed by atoms with E-state index in [1.165, 1.54) is 0 Å². The number of Topliss-reactive ketones (excluding diaryl/α,β-unsaturated/α-hetero) is 1. The second-order valence-corrected chi connectivity index (χ2v) is 2.74. The van der Waals surface area contributed by atoms with Gasteiger partial charge in [0.1, 0.15) is 6.10 Å². The topological polar surface area (TPSA) is 26.3 Å². The summed E-state index contributed by atoms with van der Waals surface area (Å²) >= 11 is 0. The van der Waals surface area contributed by atoms with Crippen molar-refractivity contribution in [2.75, 3.05) is 6.61 Å². The van der Waals surface area contributed by atoms with E-state index in [9.17, 15) is 4.79 Å². The van der Waals surface area contributed by atoms with Gasteiger partial charge in [0.05, 0.1) is 0 Å². The first-order valence-corrected chi connectivity index (χ1v) is 4.14. The minimum absolute atomic E-state index is 0.153. The van der Waals surface area contributed by atoms with Gasteiger partial charge in [-0.1, -0.05) is 19.1 Å². The van der Waals surface area contributed by atoms with E-state index in [1.807, 2.05) is 19.1 Å². The Labute approximate surface area is 67.2 Å². The van der Waals surface area contributed by atoms with Crippen LogP contribution in [0.1, 0.15) is 26.2 Å². The lowest BCUT2D eigenvalue weighted by molar-refractivity contribution is -0.130. The highest BCUT2D eigenvalue weighted by atomic mass is 16.5. The third-order valence-corrected chi connectivity index (χ3v) is 1.72. The molecule has 0 saturated carbocycles. The first kappa shape index (κ1) is 8.47. The van der Waals surface area contributed by atoms with Crippen LogP contribution >= 0.6 is 0 Å². The highest BCUT2D eigenvalue weighted by Crippen LogP contribution is 2.10. The minimum Gasteiger partial charge on any atom is -0.370 e. The Morgan fingerprint density at radius 3 is 3.09 bits per heavy atom. The highest BCUT2D eigenvalue weighted by Gasteiger charge is 2.18. The molecule has 11 heavy (non-hydrogen) atoms. The molecule has 0 aliphatic heterocycles. The minimum atomic E-state index is -0.153. The number of ether oxygens (including phenoxy) is 1. The monoisotopic (exact) mass is 154 g/mol. The molecule has 2 nitrogen and oxygen atoms in total. The molecule has 0 aromatic rings. The van der Waals surface area contributed by atoms with Gasteiger partial charge in [-0.3, -0.25) is 4.79 Å². The van der Waals surface area contributed by atoms with Gasteiger partial charge in [0.15, 0.2) is 5.78 Å². The van der Waals surface area contributed by atoms with Crippen molar-refractivity contribution in [3.8, 4) is 0 Å². The first-order valence-electron chi connectivity index (χ1n) is 4.14. The molecule has 0 amide bonds. The number of hydrogen-bond acceptors (Lipinski definition) is 2. The fourth-order valence-electron chi connectivity index (χ4n) is 1.10. The fraction of sp³-hybridized carbons (Fsp3) is 0.667. The van der Waals surface area contributed by atoms with E-state index < -0.39 is 0 Å². The van der Waals surface area contributed by atoms with Gasteiger partial charge in [0, 0.05) is 13.0 Å². The van der Waals surface area contributed by atoms with Crippen molar-refractivity contribution >= 4 is 5.78 Å². The SMILES string of the molecule is CCCOC1CC=CCC1=O. The molecule has 1 rings (SSSR count).